The van der Waals surface area contributed by atoms with Crippen LogP contribution in [0, 0.1) is 0 Å². The minimum absolute atomic E-state index is 0.0749. The Kier molecular flexibility index (Phi) is 11.5. The molecule has 11 N–H and O–H groups in total. The van der Waals surface area contributed by atoms with E-state index in [0.717, 1.165) is 0 Å². The summed E-state index contributed by atoms with van der Waals surface area (Å²) in [5.74, 6) is -5.22. The van der Waals surface area contributed by atoms with Crippen LogP contribution in [0.5, 0.6) is 0 Å². The van der Waals surface area contributed by atoms with Crippen LogP contribution < -0.4 is 33.2 Å². The zero-order valence-corrected chi connectivity index (χ0v) is 16.8. The number of aliphatic carboxylic acids is 2. The van der Waals surface area contributed by atoms with Crippen LogP contribution >= 0.6 is 0 Å². The molecule has 0 fully saturated rings. The number of carbonyl (C=O) groups excluding carboxylic acids is 3. The molecule has 14 heteroatoms. The van der Waals surface area contributed by atoms with Crippen LogP contribution in [0.25, 0.3) is 0 Å². The number of aliphatic imine (C=N–C) groups is 1. The molecule has 170 valence electrons. The Bertz CT molecular complexity index is 679. The molecule has 4 atom stereocenters. The van der Waals surface area contributed by atoms with Gasteiger partial charge in [-0.15, -0.1) is 0 Å². The zero-order valence-electron chi connectivity index (χ0n) is 16.8. The Morgan fingerprint density at radius 3 is 1.87 bits per heavy atom. The molecule has 0 spiro atoms. The molecule has 0 rings (SSSR count). The minimum Gasteiger partial charge on any atom is -0.481 e. The van der Waals surface area contributed by atoms with E-state index in [1.165, 1.54) is 13.8 Å². The van der Waals surface area contributed by atoms with Gasteiger partial charge in [-0.05, 0) is 26.7 Å². The fourth-order valence-corrected chi connectivity index (χ4v) is 2.11. The van der Waals surface area contributed by atoms with Crippen LogP contribution in [0.15, 0.2) is 4.99 Å². The summed E-state index contributed by atoms with van der Waals surface area (Å²) in [6.07, 6.45) is -0.101. The van der Waals surface area contributed by atoms with Crippen LogP contribution in [0.1, 0.15) is 33.1 Å². The summed E-state index contributed by atoms with van der Waals surface area (Å²) < 4.78 is 0. The van der Waals surface area contributed by atoms with Crippen molar-refractivity contribution in [1.29, 1.82) is 0 Å². The van der Waals surface area contributed by atoms with E-state index in [-0.39, 0.29) is 12.4 Å². The largest absolute Gasteiger partial charge is 0.481 e. The number of carboxylic acids is 2. The lowest BCUT2D eigenvalue weighted by molar-refractivity contribution is -0.147. The molecule has 0 aromatic heterocycles. The maximum Gasteiger partial charge on any atom is 0.326 e. The average Bonchev–Trinajstić information content (AvgIpc) is 2.63. The van der Waals surface area contributed by atoms with Gasteiger partial charge in [0, 0.05) is 6.54 Å². The fraction of sp³-hybridized carbons (Fsp3) is 0.625. The number of rotatable bonds is 13. The van der Waals surface area contributed by atoms with Crippen molar-refractivity contribution in [3.63, 3.8) is 0 Å². The van der Waals surface area contributed by atoms with Gasteiger partial charge < -0.3 is 43.4 Å². The number of carboxylic acid groups (broad SMARTS) is 2. The van der Waals surface area contributed by atoms with Crippen molar-refractivity contribution in [2.24, 2.45) is 22.2 Å². The Labute approximate surface area is 172 Å². The summed E-state index contributed by atoms with van der Waals surface area (Å²) in [7, 11) is 0. The highest BCUT2D eigenvalue weighted by Gasteiger charge is 2.27. The number of carbonyl (C=O) groups is 5. The first-order chi connectivity index (χ1) is 13.8. The maximum absolute atomic E-state index is 12.1. The molecule has 30 heavy (non-hydrogen) atoms. The second kappa shape index (κ2) is 12.9. The second-order valence-corrected chi connectivity index (χ2v) is 6.51. The van der Waals surface area contributed by atoms with Crippen LogP contribution in [-0.2, 0) is 24.0 Å². The molecular weight excluding hydrogens is 402 g/mol. The van der Waals surface area contributed by atoms with Gasteiger partial charge in [0.15, 0.2) is 5.96 Å². The lowest BCUT2D eigenvalue weighted by atomic mass is 10.1. The highest BCUT2D eigenvalue weighted by molar-refractivity contribution is 5.94. The van der Waals surface area contributed by atoms with E-state index >= 15 is 0 Å². The molecule has 0 aliphatic carbocycles. The van der Waals surface area contributed by atoms with Crippen LogP contribution in [-0.4, -0.2) is 76.5 Å². The molecule has 0 heterocycles. The summed E-state index contributed by atoms with van der Waals surface area (Å²) in [6, 6.07) is -4.77. The molecule has 0 radical (unpaired) electrons. The lowest BCUT2D eigenvalue weighted by Gasteiger charge is -2.21. The molecule has 0 saturated heterocycles. The van der Waals surface area contributed by atoms with Crippen molar-refractivity contribution in [2.75, 3.05) is 6.54 Å². The Hall–Kier alpha value is -3.42. The number of nitrogens with zero attached hydrogens (tertiary/aromatic N) is 1. The van der Waals surface area contributed by atoms with Gasteiger partial charge in [-0.2, -0.15) is 0 Å². The van der Waals surface area contributed by atoms with Gasteiger partial charge in [0.25, 0.3) is 0 Å². The molecule has 4 unspecified atom stereocenters. The summed E-state index contributed by atoms with van der Waals surface area (Å²) >= 11 is 0. The summed E-state index contributed by atoms with van der Waals surface area (Å²) in [5, 5.41) is 24.3. The van der Waals surface area contributed by atoms with Crippen molar-refractivity contribution in [3.8, 4) is 0 Å². The zero-order chi connectivity index (χ0) is 23.4. The Balaban J connectivity index is 4.57. The third kappa shape index (κ3) is 10.8. The quantitative estimate of drug-likeness (QED) is 0.0808. The molecule has 14 nitrogen and oxygen atoms in total. The number of nitrogens with one attached hydrogen (secondary N) is 3. The van der Waals surface area contributed by atoms with Crippen molar-refractivity contribution >= 4 is 35.6 Å². The van der Waals surface area contributed by atoms with E-state index in [2.05, 4.69) is 15.6 Å². The van der Waals surface area contributed by atoms with Crippen molar-refractivity contribution in [1.82, 2.24) is 16.0 Å². The monoisotopic (exact) mass is 431 g/mol. The van der Waals surface area contributed by atoms with E-state index in [9.17, 15) is 24.0 Å². The number of amides is 3. The van der Waals surface area contributed by atoms with Crippen LogP contribution in [0.2, 0.25) is 0 Å². The van der Waals surface area contributed by atoms with Gasteiger partial charge in [-0.3, -0.25) is 24.2 Å². The minimum atomic E-state index is -1.65. The number of guanidine groups is 1. The van der Waals surface area contributed by atoms with Gasteiger partial charge >= 0.3 is 11.9 Å². The molecule has 0 saturated carbocycles. The Morgan fingerprint density at radius 2 is 1.40 bits per heavy atom. The highest BCUT2D eigenvalue weighted by atomic mass is 16.4. The van der Waals surface area contributed by atoms with Gasteiger partial charge in [-0.1, -0.05) is 0 Å². The fourth-order valence-electron chi connectivity index (χ4n) is 2.11. The first-order valence-electron chi connectivity index (χ1n) is 9.01. The third-order valence-electron chi connectivity index (χ3n) is 3.80. The van der Waals surface area contributed by atoms with Gasteiger partial charge in [0.1, 0.15) is 18.1 Å². The lowest BCUT2D eigenvalue weighted by Crippen LogP contribution is -2.55. The van der Waals surface area contributed by atoms with E-state index in [0.29, 0.717) is 13.0 Å². The first-order valence-corrected chi connectivity index (χ1v) is 9.01. The van der Waals surface area contributed by atoms with E-state index in [1.807, 2.05) is 5.32 Å². The van der Waals surface area contributed by atoms with Crippen LogP contribution in [0.3, 0.4) is 0 Å². The predicted molar refractivity (Wildman–Crippen MR) is 105 cm³/mol. The molecule has 0 aliphatic rings. The van der Waals surface area contributed by atoms with E-state index in [4.69, 9.17) is 27.4 Å². The SMILES string of the molecule is CC(NC(=O)C(N)CCCN=C(N)N)C(=O)NC(C)C(=O)NC(CC(=O)O)C(=O)O. The number of nitrogens with two attached hydrogens (primary N) is 3. The maximum atomic E-state index is 12.1. The standard InChI is InChI=1S/C16H29N7O7/c1-7(22-14(28)9(17)4-3-5-20-16(18)19)12(26)21-8(2)13(27)23-10(15(29)30)6-11(24)25/h7-10H,3-6,17H2,1-2H3,(H,21,26)(H,22,28)(H,23,27)(H,24,25)(H,29,30)(H4,18,19,20). The third-order valence-corrected chi connectivity index (χ3v) is 3.80. The smallest absolute Gasteiger partial charge is 0.326 e. The normalized spacial score (nSPS) is 14.4. The van der Waals surface area contributed by atoms with Gasteiger partial charge in [0.05, 0.1) is 12.5 Å². The summed E-state index contributed by atoms with van der Waals surface area (Å²) in [5.41, 5.74) is 16.1. The predicted octanol–water partition coefficient (Wildman–Crippen LogP) is -3.58. The van der Waals surface area contributed by atoms with Crippen molar-refractivity contribution in [2.45, 2.75) is 57.3 Å². The van der Waals surface area contributed by atoms with E-state index in [1.54, 1.807) is 0 Å². The van der Waals surface area contributed by atoms with Crippen molar-refractivity contribution < 1.29 is 34.2 Å². The van der Waals surface area contributed by atoms with Gasteiger partial charge in [-0.25, -0.2) is 4.79 Å². The van der Waals surface area contributed by atoms with Crippen molar-refractivity contribution in [3.05, 3.63) is 0 Å². The van der Waals surface area contributed by atoms with Gasteiger partial charge in [0.2, 0.25) is 17.7 Å². The topological polar surface area (TPSA) is 252 Å². The summed E-state index contributed by atoms with van der Waals surface area (Å²) in [4.78, 5) is 61.6. The van der Waals surface area contributed by atoms with Crippen LogP contribution in [0.4, 0.5) is 0 Å². The first kappa shape index (κ1) is 26.6. The van der Waals surface area contributed by atoms with E-state index < -0.39 is 60.2 Å². The second-order valence-electron chi connectivity index (χ2n) is 6.51. The molecule has 0 aliphatic heterocycles. The molecule has 0 aromatic carbocycles. The number of hydrogen-bond donors (Lipinski definition) is 8. The molecule has 0 bridgehead atoms. The number of hydrogen-bond acceptors (Lipinski definition) is 7. The molecule has 0 aromatic rings. The average molecular weight is 431 g/mol. The molecule has 3 amide bonds. The Morgan fingerprint density at radius 1 is 0.900 bits per heavy atom. The molecular formula is C16H29N7O7. The highest BCUT2D eigenvalue weighted by Crippen LogP contribution is 1.98. The summed E-state index contributed by atoms with van der Waals surface area (Å²) in [6.45, 7) is 2.94.